The number of rotatable bonds is 7. The monoisotopic (exact) mass is 487 g/mol. The van der Waals surface area contributed by atoms with Gasteiger partial charge in [0.15, 0.2) is 11.5 Å². The first-order valence-electron chi connectivity index (χ1n) is 11.8. The van der Waals surface area contributed by atoms with Gasteiger partial charge in [-0.05, 0) is 60.4 Å². The zero-order valence-electron chi connectivity index (χ0n) is 20.9. The molecule has 0 N–H and O–H groups in total. The summed E-state index contributed by atoms with van der Waals surface area (Å²) in [5.74, 6) is 3.00. The molecule has 2 heterocycles. The fourth-order valence-electron chi connectivity index (χ4n) is 4.75. The highest BCUT2D eigenvalue weighted by Crippen LogP contribution is 2.38. The van der Waals surface area contributed by atoms with Crippen LogP contribution < -0.4 is 24.6 Å². The summed E-state index contributed by atoms with van der Waals surface area (Å²) >= 11 is 0. The molecule has 0 atom stereocenters. The highest BCUT2D eigenvalue weighted by atomic mass is 16.5. The van der Waals surface area contributed by atoms with E-state index in [1.165, 1.54) is 0 Å². The SMILES string of the molecule is COc1ccc(-c2cc(=O)oc3c(C)c4c(cc23)CN(CCc2ccc(OC)c(OC)c2)CO4)cc1. The summed E-state index contributed by atoms with van der Waals surface area (Å²) in [4.78, 5) is 14.7. The Morgan fingerprint density at radius 3 is 2.42 bits per heavy atom. The number of aryl methyl sites for hydroxylation is 1. The first-order chi connectivity index (χ1) is 17.5. The van der Waals surface area contributed by atoms with Gasteiger partial charge < -0.3 is 23.4 Å². The molecule has 3 aromatic carbocycles. The van der Waals surface area contributed by atoms with Gasteiger partial charge in [0.05, 0.1) is 21.3 Å². The van der Waals surface area contributed by atoms with E-state index in [-0.39, 0.29) is 5.63 Å². The van der Waals surface area contributed by atoms with Crippen LogP contribution in [-0.4, -0.2) is 39.5 Å². The van der Waals surface area contributed by atoms with Crippen LogP contribution in [0, 0.1) is 6.92 Å². The molecule has 0 saturated carbocycles. The van der Waals surface area contributed by atoms with Gasteiger partial charge in [-0.15, -0.1) is 0 Å². The maximum Gasteiger partial charge on any atom is 0.336 e. The molecule has 0 bridgehead atoms. The fraction of sp³-hybridized carbons (Fsp3) is 0.276. The standard InChI is InChI=1S/C29H29NO6/c1-18-28-21(16-30(17-35-28)12-11-19-5-10-25(33-3)26(13-19)34-4)14-24-23(15-27(31)36-29(18)24)20-6-8-22(32-2)9-7-20/h5-10,13-15H,11-12,16-17H2,1-4H3. The average molecular weight is 488 g/mol. The van der Waals surface area contributed by atoms with Crippen molar-refractivity contribution in [2.75, 3.05) is 34.6 Å². The van der Waals surface area contributed by atoms with E-state index in [4.69, 9.17) is 23.4 Å². The van der Waals surface area contributed by atoms with Crippen molar-refractivity contribution in [3.8, 4) is 34.1 Å². The Morgan fingerprint density at radius 2 is 1.69 bits per heavy atom. The predicted octanol–water partition coefficient (Wildman–Crippen LogP) is 5.19. The largest absolute Gasteiger partial charge is 0.497 e. The molecule has 7 nitrogen and oxygen atoms in total. The molecule has 186 valence electrons. The Bertz CT molecular complexity index is 1460. The van der Waals surface area contributed by atoms with Crippen molar-refractivity contribution in [3.05, 3.63) is 81.7 Å². The lowest BCUT2D eigenvalue weighted by Gasteiger charge is -2.30. The summed E-state index contributed by atoms with van der Waals surface area (Å²) in [5, 5.41) is 0.890. The Labute approximate surface area is 209 Å². The molecule has 0 amide bonds. The summed E-state index contributed by atoms with van der Waals surface area (Å²) in [6, 6.07) is 17.3. The maximum atomic E-state index is 12.4. The van der Waals surface area contributed by atoms with Crippen LogP contribution in [0.4, 0.5) is 0 Å². The first kappa shape index (κ1) is 23.8. The number of ether oxygens (including phenoxy) is 4. The molecule has 5 rings (SSSR count). The van der Waals surface area contributed by atoms with Crippen LogP contribution in [0.5, 0.6) is 23.0 Å². The Kier molecular flexibility index (Phi) is 6.57. The molecule has 0 spiro atoms. The maximum absolute atomic E-state index is 12.4. The summed E-state index contributed by atoms with van der Waals surface area (Å²) < 4.78 is 27.9. The van der Waals surface area contributed by atoms with Crippen molar-refractivity contribution in [1.29, 1.82) is 0 Å². The van der Waals surface area contributed by atoms with Crippen molar-refractivity contribution >= 4 is 11.0 Å². The molecular formula is C29H29NO6. The molecule has 7 heteroatoms. The van der Waals surface area contributed by atoms with Gasteiger partial charge in [-0.2, -0.15) is 0 Å². The van der Waals surface area contributed by atoms with Crippen LogP contribution in [0.2, 0.25) is 0 Å². The van der Waals surface area contributed by atoms with E-state index in [1.807, 2.05) is 43.3 Å². The number of fused-ring (bicyclic) bond motifs is 2. The smallest absolute Gasteiger partial charge is 0.336 e. The molecule has 0 fully saturated rings. The molecule has 1 aliphatic rings. The van der Waals surface area contributed by atoms with Gasteiger partial charge in [0.2, 0.25) is 0 Å². The van der Waals surface area contributed by atoms with E-state index in [0.29, 0.717) is 12.3 Å². The highest BCUT2D eigenvalue weighted by molar-refractivity contribution is 5.96. The van der Waals surface area contributed by atoms with Gasteiger partial charge in [0.25, 0.3) is 0 Å². The number of hydrogen-bond acceptors (Lipinski definition) is 7. The van der Waals surface area contributed by atoms with Crippen molar-refractivity contribution in [2.45, 2.75) is 19.9 Å². The third kappa shape index (κ3) is 4.50. The van der Waals surface area contributed by atoms with Gasteiger partial charge in [-0.25, -0.2) is 4.79 Å². The van der Waals surface area contributed by atoms with Crippen LogP contribution in [-0.2, 0) is 13.0 Å². The number of hydrogen-bond donors (Lipinski definition) is 0. The van der Waals surface area contributed by atoms with Crippen LogP contribution in [0.25, 0.3) is 22.1 Å². The molecular weight excluding hydrogens is 458 g/mol. The van der Waals surface area contributed by atoms with Crippen LogP contribution >= 0.6 is 0 Å². The second-order valence-electron chi connectivity index (χ2n) is 8.84. The fourth-order valence-corrected chi connectivity index (χ4v) is 4.75. The normalized spacial score (nSPS) is 13.2. The second kappa shape index (κ2) is 9.95. The van der Waals surface area contributed by atoms with Gasteiger partial charge in [-0.3, -0.25) is 4.90 Å². The van der Waals surface area contributed by atoms with E-state index < -0.39 is 0 Å². The Morgan fingerprint density at radius 1 is 0.917 bits per heavy atom. The van der Waals surface area contributed by atoms with Gasteiger partial charge >= 0.3 is 5.63 Å². The third-order valence-corrected chi connectivity index (χ3v) is 6.64. The Hall–Kier alpha value is -3.97. The van der Waals surface area contributed by atoms with E-state index in [0.717, 1.165) is 75.7 Å². The lowest BCUT2D eigenvalue weighted by molar-refractivity contribution is 0.0959. The summed E-state index contributed by atoms with van der Waals surface area (Å²) in [6.45, 7) is 3.97. The Balaban J connectivity index is 1.44. The topological polar surface area (TPSA) is 70.4 Å². The van der Waals surface area contributed by atoms with Crippen LogP contribution in [0.1, 0.15) is 16.7 Å². The number of benzene rings is 3. The van der Waals surface area contributed by atoms with E-state index in [2.05, 4.69) is 17.0 Å². The zero-order valence-corrected chi connectivity index (χ0v) is 20.9. The third-order valence-electron chi connectivity index (χ3n) is 6.64. The predicted molar refractivity (Wildman–Crippen MR) is 138 cm³/mol. The second-order valence-corrected chi connectivity index (χ2v) is 8.84. The van der Waals surface area contributed by atoms with Crippen molar-refractivity contribution in [1.82, 2.24) is 4.90 Å². The van der Waals surface area contributed by atoms with Crippen LogP contribution in [0.3, 0.4) is 0 Å². The van der Waals surface area contributed by atoms with E-state index >= 15 is 0 Å². The molecule has 0 aliphatic carbocycles. The van der Waals surface area contributed by atoms with Gasteiger partial charge in [-0.1, -0.05) is 18.2 Å². The minimum absolute atomic E-state index is 0.385. The minimum atomic E-state index is -0.385. The molecule has 36 heavy (non-hydrogen) atoms. The van der Waals surface area contributed by atoms with Gasteiger partial charge in [0.1, 0.15) is 23.8 Å². The number of nitrogens with zero attached hydrogens (tertiary/aromatic N) is 1. The average Bonchev–Trinajstić information content (AvgIpc) is 2.91. The number of methoxy groups -OCH3 is 3. The molecule has 1 aromatic heterocycles. The zero-order chi connectivity index (χ0) is 25.2. The quantitative estimate of drug-likeness (QED) is 0.332. The van der Waals surface area contributed by atoms with Crippen molar-refractivity contribution in [3.63, 3.8) is 0 Å². The first-order valence-corrected chi connectivity index (χ1v) is 11.8. The highest BCUT2D eigenvalue weighted by Gasteiger charge is 2.23. The van der Waals surface area contributed by atoms with Crippen molar-refractivity contribution < 1.29 is 23.4 Å². The van der Waals surface area contributed by atoms with Crippen LogP contribution in [0.15, 0.2) is 63.8 Å². The van der Waals surface area contributed by atoms with Crippen molar-refractivity contribution in [2.24, 2.45) is 0 Å². The molecule has 4 aromatic rings. The lowest BCUT2D eigenvalue weighted by Crippen LogP contribution is -2.34. The molecule has 0 radical (unpaired) electrons. The van der Waals surface area contributed by atoms with E-state index in [1.54, 1.807) is 27.4 Å². The molecule has 0 unspecified atom stereocenters. The summed E-state index contributed by atoms with van der Waals surface area (Å²) in [5.41, 5.74) is 5.01. The summed E-state index contributed by atoms with van der Waals surface area (Å²) in [7, 11) is 4.91. The molecule has 1 aliphatic heterocycles. The minimum Gasteiger partial charge on any atom is -0.497 e. The molecule has 0 saturated heterocycles. The lowest BCUT2D eigenvalue weighted by atomic mass is 9.96. The summed E-state index contributed by atoms with van der Waals surface area (Å²) in [6.07, 6.45) is 0.845. The van der Waals surface area contributed by atoms with E-state index in [9.17, 15) is 4.79 Å². The van der Waals surface area contributed by atoms with Gasteiger partial charge in [0, 0.05) is 35.7 Å².